The van der Waals surface area contributed by atoms with Crippen LogP contribution in [0, 0.1) is 0 Å². The van der Waals surface area contributed by atoms with Gasteiger partial charge in [0.15, 0.2) is 0 Å². The average molecular weight is 249 g/mol. The summed E-state index contributed by atoms with van der Waals surface area (Å²) in [6.45, 7) is 0. The van der Waals surface area contributed by atoms with Gasteiger partial charge in [-0.3, -0.25) is 0 Å². The molecule has 3 N–H and O–H groups in total. The molecule has 0 radical (unpaired) electrons. The third-order valence-corrected chi connectivity index (χ3v) is 3.97. The highest BCUT2D eigenvalue weighted by Crippen LogP contribution is 2.31. The fourth-order valence-electron chi connectivity index (χ4n) is 1.88. The van der Waals surface area contributed by atoms with Crippen molar-refractivity contribution in [2.45, 2.75) is 23.8 Å². The predicted octanol–water partition coefficient (Wildman–Crippen LogP) is 2.37. The number of nitrogens with two attached hydrogens (primary N) is 1. The van der Waals surface area contributed by atoms with E-state index in [0.29, 0.717) is 0 Å². The Hall–Kier alpha value is -1.26. The SMILES string of the molecule is NC(/C=C/C(=O)O)c1ccc2c(c1)CCCS2. The number of aliphatic carboxylic acids is 1. The van der Waals surface area contributed by atoms with Crippen molar-refractivity contribution in [3.05, 3.63) is 41.5 Å². The summed E-state index contributed by atoms with van der Waals surface area (Å²) in [4.78, 5) is 11.8. The molecule has 90 valence electrons. The van der Waals surface area contributed by atoms with Crippen molar-refractivity contribution in [2.24, 2.45) is 5.73 Å². The van der Waals surface area contributed by atoms with Gasteiger partial charge in [0.2, 0.25) is 0 Å². The van der Waals surface area contributed by atoms with E-state index >= 15 is 0 Å². The van der Waals surface area contributed by atoms with Gasteiger partial charge in [0.05, 0.1) is 0 Å². The Morgan fingerprint density at radius 3 is 3.12 bits per heavy atom. The Labute approximate surface area is 105 Å². The predicted molar refractivity (Wildman–Crippen MR) is 69.2 cm³/mol. The molecule has 17 heavy (non-hydrogen) atoms. The van der Waals surface area contributed by atoms with Crippen LogP contribution in [0.1, 0.15) is 23.6 Å². The van der Waals surface area contributed by atoms with Crippen molar-refractivity contribution in [1.29, 1.82) is 0 Å². The van der Waals surface area contributed by atoms with Gasteiger partial charge < -0.3 is 10.8 Å². The molecule has 1 aliphatic heterocycles. The molecule has 4 heteroatoms. The highest BCUT2D eigenvalue weighted by molar-refractivity contribution is 7.99. The molecule has 1 aromatic carbocycles. The highest BCUT2D eigenvalue weighted by atomic mass is 32.2. The van der Waals surface area contributed by atoms with E-state index < -0.39 is 5.97 Å². The first-order valence-corrected chi connectivity index (χ1v) is 6.58. The number of hydrogen-bond acceptors (Lipinski definition) is 3. The van der Waals surface area contributed by atoms with Crippen LogP contribution in [0.5, 0.6) is 0 Å². The molecule has 1 atom stereocenters. The molecule has 1 aromatic rings. The van der Waals surface area contributed by atoms with Gasteiger partial charge in [0.1, 0.15) is 0 Å². The minimum absolute atomic E-state index is 0.344. The number of thioether (sulfide) groups is 1. The molecule has 1 unspecified atom stereocenters. The lowest BCUT2D eigenvalue weighted by atomic mass is 10.0. The molecule has 0 amide bonds. The molecule has 1 aliphatic rings. The molecule has 0 aliphatic carbocycles. The Bertz CT molecular complexity index is 457. The van der Waals surface area contributed by atoms with Crippen molar-refractivity contribution < 1.29 is 9.90 Å². The number of carboxylic acid groups (broad SMARTS) is 1. The lowest BCUT2D eigenvalue weighted by Gasteiger charge is -2.17. The van der Waals surface area contributed by atoms with E-state index in [-0.39, 0.29) is 6.04 Å². The van der Waals surface area contributed by atoms with Crippen LogP contribution in [-0.2, 0) is 11.2 Å². The summed E-state index contributed by atoms with van der Waals surface area (Å²) in [5, 5.41) is 8.56. The van der Waals surface area contributed by atoms with Gasteiger partial charge >= 0.3 is 5.97 Å². The number of fused-ring (bicyclic) bond motifs is 1. The number of carboxylic acids is 1. The maximum absolute atomic E-state index is 10.4. The second kappa shape index (κ2) is 5.38. The first-order chi connectivity index (χ1) is 8.16. The van der Waals surface area contributed by atoms with Crippen LogP contribution in [0.2, 0.25) is 0 Å². The average Bonchev–Trinajstić information content (AvgIpc) is 2.35. The summed E-state index contributed by atoms with van der Waals surface area (Å²) in [5.74, 6) is 0.214. The number of aryl methyl sites for hydroxylation is 1. The largest absolute Gasteiger partial charge is 0.478 e. The molecule has 0 spiro atoms. The molecular weight excluding hydrogens is 234 g/mol. The Morgan fingerprint density at radius 2 is 2.35 bits per heavy atom. The molecule has 0 saturated carbocycles. The Morgan fingerprint density at radius 1 is 1.53 bits per heavy atom. The third kappa shape index (κ3) is 3.11. The van der Waals surface area contributed by atoms with Gasteiger partial charge in [-0.2, -0.15) is 0 Å². The monoisotopic (exact) mass is 249 g/mol. The summed E-state index contributed by atoms with van der Waals surface area (Å²) in [7, 11) is 0. The molecule has 1 heterocycles. The molecular formula is C13H15NO2S. The zero-order chi connectivity index (χ0) is 12.3. The third-order valence-electron chi connectivity index (χ3n) is 2.76. The Kier molecular flexibility index (Phi) is 3.86. The van der Waals surface area contributed by atoms with Crippen LogP contribution in [0.3, 0.4) is 0 Å². The highest BCUT2D eigenvalue weighted by Gasteiger charge is 2.11. The molecule has 0 aromatic heterocycles. The Balaban J connectivity index is 2.18. The topological polar surface area (TPSA) is 63.3 Å². The second-order valence-electron chi connectivity index (χ2n) is 4.04. The standard InChI is InChI=1S/C13H15NO2S/c14-11(4-6-13(15)16)9-3-5-12-10(8-9)2-1-7-17-12/h3-6,8,11H,1-2,7,14H2,(H,15,16)/b6-4+. The van der Waals surface area contributed by atoms with Crippen LogP contribution < -0.4 is 5.73 Å². The smallest absolute Gasteiger partial charge is 0.328 e. The number of carbonyl (C=O) groups is 1. The molecule has 0 fully saturated rings. The molecule has 0 saturated heterocycles. The lowest BCUT2D eigenvalue weighted by molar-refractivity contribution is -0.131. The summed E-state index contributed by atoms with van der Waals surface area (Å²) < 4.78 is 0. The molecule has 2 rings (SSSR count). The van der Waals surface area contributed by atoms with Gasteiger partial charge in [-0.25, -0.2) is 4.79 Å². The van der Waals surface area contributed by atoms with Crippen molar-refractivity contribution in [2.75, 3.05) is 5.75 Å². The maximum atomic E-state index is 10.4. The van der Waals surface area contributed by atoms with E-state index in [1.165, 1.54) is 28.7 Å². The van der Waals surface area contributed by atoms with Gasteiger partial charge in [-0.1, -0.05) is 18.2 Å². The summed E-state index contributed by atoms with van der Waals surface area (Å²) in [6.07, 6.45) is 4.89. The molecule has 0 bridgehead atoms. The lowest BCUT2D eigenvalue weighted by Crippen LogP contribution is -2.09. The molecule has 3 nitrogen and oxygen atoms in total. The number of hydrogen-bond donors (Lipinski definition) is 2. The number of rotatable bonds is 3. The fraction of sp³-hybridized carbons (Fsp3) is 0.308. The van der Waals surface area contributed by atoms with E-state index in [0.717, 1.165) is 18.1 Å². The minimum atomic E-state index is -0.964. The van der Waals surface area contributed by atoms with Crippen LogP contribution in [-0.4, -0.2) is 16.8 Å². The summed E-state index contributed by atoms with van der Waals surface area (Å²) in [6, 6.07) is 5.82. The first-order valence-electron chi connectivity index (χ1n) is 5.59. The van der Waals surface area contributed by atoms with E-state index in [1.807, 2.05) is 17.8 Å². The minimum Gasteiger partial charge on any atom is -0.478 e. The van der Waals surface area contributed by atoms with Crippen molar-refractivity contribution in [1.82, 2.24) is 0 Å². The van der Waals surface area contributed by atoms with Crippen LogP contribution in [0.25, 0.3) is 0 Å². The second-order valence-corrected chi connectivity index (χ2v) is 5.18. The maximum Gasteiger partial charge on any atom is 0.328 e. The van der Waals surface area contributed by atoms with Crippen molar-refractivity contribution in [3.63, 3.8) is 0 Å². The van der Waals surface area contributed by atoms with Crippen molar-refractivity contribution in [3.8, 4) is 0 Å². The van der Waals surface area contributed by atoms with E-state index in [2.05, 4.69) is 12.1 Å². The zero-order valence-corrected chi connectivity index (χ0v) is 10.2. The first kappa shape index (κ1) is 12.2. The van der Waals surface area contributed by atoms with Gasteiger partial charge in [0.25, 0.3) is 0 Å². The van der Waals surface area contributed by atoms with Crippen molar-refractivity contribution >= 4 is 17.7 Å². The summed E-state index contributed by atoms with van der Waals surface area (Å²) >= 11 is 1.87. The van der Waals surface area contributed by atoms with Gasteiger partial charge in [0, 0.05) is 17.0 Å². The van der Waals surface area contributed by atoms with Gasteiger partial charge in [-0.05, 0) is 35.8 Å². The van der Waals surface area contributed by atoms with Crippen LogP contribution in [0.15, 0.2) is 35.2 Å². The number of benzene rings is 1. The quantitative estimate of drug-likeness (QED) is 0.807. The van der Waals surface area contributed by atoms with Gasteiger partial charge in [-0.15, -0.1) is 11.8 Å². The fourth-order valence-corrected chi connectivity index (χ4v) is 2.90. The van der Waals surface area contributed by atoms with E-state index in [4.69, 9.17) is 10.8 Å². The van der Waals surface area contributed by atoms with Crippen LogP contribution in [0.4, 0.5) is 0 Å². The van der Waals surface area contributed by atoms with E-state index in [1.54, 1.807) is 0 Å². The van der Waals surface area contributed by atoms with Crippen LogP contribution >= 0.6 is 11.8 Å². The van der Waals surface area contributed by atoms with E-state index in [9.17, 15) is 4.79 Å². The normalized spacial score (nSPS) is 16.8. The zero-order valence-electron chi connectivity index (χ0n) is 9.43. The summed E-state index contributed by atoms with van der Waals surface area (Å²) in [5.41, 5.74) is 8.23.